The lowest BCUT2D eigenvalue weighted by atomic mass is 9.89. The number of aryl methyl sites for hydroxylation is 3. The molecule has 1 atom stereocenters. The summed E-state index contributed by atoms with van der Waals surface area (Å²) in [6.07, 6.45) is 6.85. The van der Waals surface area contributed by atoms with Gasteiger partial charge < -0.3 is 10.3 Å². The van der Waals surface area contributed by atoms with Crippen LogP contribution in [0.5, 0.6) is 0 Å². The molecule has 7 heteroatoms. The molecular weight excluding hydrogens is 414 g/mol. The van der Waals surface area contributed by atoms with Crippen LogP contribution in [0.15, 0.2) is 59.5 Å². The molecule has 2 aromatic carbocycles. The molecule has 0 saturated carbocycles. The Morgan fingerprint density at radius 3 is 2.73 bits per heavy atom. The number of carbonyl (C=O) groups is 1. The van der Waals surface area contributed by atoms with Crippen molar-refractivity contribution in [2.24, 2.45) is 0 Å². The first-order chi connectivity index (χ1) is 16.1. The fourth-order valence-corrected chi connectivity index (χ4v) is 4.49. The van der Waals surface area contributed by atoms with Crippen LogP contribution in [-0.4, -0.2) is 25.7 Å². The fourth-order valence-electron chi connectivity index (χ4n) is 4.49. The van der Waals surface area contributed by atoms with Gasteiger partial charge in [0.25, 0.3) is 5.56 Å². The van der Waals surface area contributed by atoms with Gasteiger partial charge in [-0.15, -0.1) is 0 Å². The molecule has 0 fully saturated rings. The molecule has 4 aromatic rings. The molecular formula is C26H27N5O2. The molecule has 0 spiro atoms. The van der Waals surface area contributed by atoms with E-state index in [2.05, 4.69) is 38.6 Å². The number of nitrogens with one attached hydrogen (secondary N) is 2. The molecule has 5 rings (SSSR count). The van der Waals surface area contributed by atoms with Crippen LogP contribution in [0.1, 0.15) is 54.7 Å². The molecule has 1 amide bonds. The maximum absolute atomic E-state index is 12.6. The van der Waals surface area contributed by atoms with Gasteiger partial charge in [-0.3, -0.25) is 9.59 Å². The molecule has 0 saturated heterocycles. The first kappa shape index (κ1) is 21.1. The van der Waals surface area contributed by atoms with Crippen LogP contribution < -0.4 is 10.9 Å². The van der Waals surface area contributed by atoms with Crippen LogP contribution >= 0.6 is 0 Å². The monoisotopic (exact) mass is 441 g/mol. The number of aromatic amines is 1. The third kappa shape index (κ3) is 4.44. The minimum atomic E-state index is -0.250. The number of benzene rings is 2. The van der Waals surface area contributed by atoms with Crippen molar-refractivity contribution in [3.8, 4) is 5.69 Å². The van der Waals surface area contributed by atoms with Crippen molar-refractivity contribution in [1.29, 1.82) is 0 Å². The Bertz CT molecular complexity index is 1360. The van der Waals surface area contributed by atoms with Crippen molar-refractivity contribution in [1.82, 2.24) is 25.1 Å². The van der Waals surface area contributed by atoms with E-state index in [0.717, 1.165) is 24.1 Å². The van der Waals surface area contributed by atoms with Crippen LogP contribution in [0.3, 0.4) is 0 Å². The van der Waals surface area contributed by atoms with Crippen LogP contribution in [0.2, 0.25) is 0 Å². The molecule has 2 aromatic heterocycles. The zero-order valence-electron chi connectivity index (χ0n) is 18.7. The van der Waals surface area contributed by atoms with Gasteiger partial charge in [0.1, 0.15) is 11.2 Å². The number of fused-ring (bicyclic) bond motifs is 2. The quantitative estimate of drug-likeness (QED) is 0.476. The van der Waals surface area contributed by atoms with Crippen molar-refractivity contribution in [2.45, 2.75) is 51.5 Å². The summed E-state index contributed by atoms with van der Waals surface area (Å²) >= 11 is 0. The lowest BCUT2D eigenvalue weighted by molar-refractivity contribution is -0.121. The highest BCUT2D eigenvalue weighted by Crippen LogP contribution is 2.25. The Labute approximate surface area is 191 Å². The second kappa shape index (κ2) is 9.02. The van der Waals surface area contributed by atoms with Gasteiger partial charge in [-0.05, 0) is 61.4 Å². The Balaban J connectivity index is 1.27. The number of para-hydroxylation sites is 1. The summed E-state index contributed by atoms with van der Waals surface area (Å²) in [6.45, 7) is 2.01. The summed E-state index contributed by atoms with van der Waals surface area (Å²) in [5, 5.41) is 7.83. The Hall–Kier alpha value is -3.74. The van der Waals surface area contributed by atoms with E-state index in [-0.39, 0.29) is 23.9 Å². The molecule has 0 bridgehead atoms. The number of hydrogen-bond acceptors (Lipinski definition) is 4. The molecule has 7 nitrogen and oxygen atoms in total. The highest BCUT2D eigenvalue weighted by Gasteiger charge is 2.16. The van der Waals surface area contributed by atoms with Gasteiger partial charge in [-0.25, -0.2) is 9.67 Å². The zero-order chi connectivity index (χ0) is 22.8. The normalized spacial score (nSPS) is 14.1. The number of carbonyl (C=O) groups excluding carboxylic acids is 1. The van der Waals surface area contributed by atoms with E-state index in [9.17, 15) is 9.59 Å². The highest BCUT2D eigenvalue weighted by atomic mass is 16.1. The van der Waals surface area contributed by atoms with Gasteiger partial charge in [0.15, 0.2) is 5.65 Å². The van der Waals surface area contributed by atoms with Crippen molar-refractivity contribution in [3.63, 3.8) is 0 Å². The molecule has 1 aliphatic rings. The van der Waals surface area contributed by atoms with Gasteiger partial charge >= 0.3 is 0 Å². The van der Waals surface area contributed by atoms with Crippen molar-refractivity contribution in [3.05, 3.63) is 87.6 Å². The minimum Gasteiger partial charge on any atom is -0.350 e. The summed E-state index contributed by atoms with van der Waals surface area (Å²) in [4.78, 5) is 32.5. The highest BCUT2D eigenvalue weighted by molar-refractivity contribution is 5.77. The zero-order valence-corrected chi connectivity index (χ0v) is 18.7. The predicted molar refractivity (Wildman–Crippen MR) is 127 cm³/mol. The molecule has 2 N–H and O–H groups in total. The van der Waals surface area contributed by atoms with Crippen LogP contribution in [0.25, 0.3) is 16.7 Å². The maximum atomic E-state index is 12.6. The largest absolute Gasteiger partial charge is 0.350 e. The van der Waals surface area contributed by atoms with Crippen molar-refractivity contribution < 1.29 is 4.79 Å². The summed E-state index contributed by atoms with van der Waals surface area (Å²) in [5.74, 6) is 0.404. The number of amides is 1. The minimum absolute atomic E-state index is 0.0699. The number of hydrogen-bond donors (Lipinski definition) is 2. The lowest BCUT2D eigenvalue weighted by Gasteiger charge is -2.20. The van der Waals surface area contributed by atoms with Gasteiger partial charge in [0.2, 0.25) is 5.91 Å². The molecule has 0 unspecified atom stereocenters. The number of aromatic nitrogens is 4. The average molecular weight is 442 g/mol. The molecule has 168 valence electrons. The van der Waals surface area contributed by atoms with Gasteiger partial charge in [-0.1, -0.05) is 36.4 Å². The topological polar surface area (TPSA) is 92.7 Å². The standard InChI is InChI=1S/C26H27N5O2/c1-17(19-12-11-18-7-5-6-8-20(18)15-19)28-24(32)14-13-23-29-25-22(26(33)30-23)16-27-31(25)21-9-3-2-4-10-21/h2-4,9-12,15-17H,5-8,13-14H2,1H3,(H,28,32)(H,29,30,33)/t17-/m1/s1. The second-order valence-electron chi connectivity index (χ2n) is 8.67. The maximum Gasteiger partial charge on any atom is 0.262 e. The number of rotatable bonds is 6. The third-order valence-corrected chi connectivity index (χ3v) is 6.33. The smallest absolute Gasteiger partial charge is 0.262 e. The molecule has 0 radical (unpaired) electrons. The number of nitrogens with zero attached hydrogens (tertiary/aromatic N) is 3. The van der Waals surface area contributed by atoms with E-state index < -0.39 is 0 Å². The predicted octanol–water partition coefficient (Wildman–Crippen LogP) is 3.80. The first-order valence-electron chi connectivity index (χ1n) is 11.5. The van der Waals surface area contributed by atoms with Gasteiger partial charge in [0, 0.05) is 12.8 Å². The number of H-pyrrole nitrogens is 1. The Morgan fingerprint density at radius 1 is 1.12 bits per heavy atom. The fraction of sp³-hybridized carbons (Fsp3) is 0.308. The third-order valence-electron chi connectivity index (χ3n) is 6.33. The second-order valence-corrected chi connectivity index (χ2v) is 8.67. The van der Waals surface area contributed by atoms with E-state index in [1.54, 1.807) is 4.68 Å². The summed E-state index contributed by atoms with van der Waals surface area (Å²) in [6, 6.07) is 16.0. The van der Waals surface area contributed by atoms with Gasteiger partial charge in [0.05, 0.1) is 17.9 Å². The summed E-state index contributed by atoms with van der Waals surface area (Å²) in [7, 11) is 0. The van der Waals surface area contributed by atoms with E-state index in [1.165, 1.54) is 30.2 Å². The van der Waals surface area contributed by atoms with E-state index in [0.29, 0.717) is 23.3 Å². The van der Waals surface area contributed by atoms with E-state index >= 15 is 0 Å². The van der Waals surface area contributed by atoms with Crippen LogP contribution in [0, 0.1) is 0 Å². The summed E-state index contributed by atoms with van der Waals surface area (Å²) in [5.41, 5.74) is 5.04. The molecule has 0 aliphatic heterocycles. The molecule has 1 aliphatic carbocycles. The first-order valence-corrected chi connectivity index (χ1v) is 11.5. The lowest BCUT2D eigenvalue weighted by Crippen LogP contribution is -2.27. The molecule has 2 heterocycles. The van der Waals surface area contributed by atoms with Crippen molar-refractivity contribution in [2.75, 3.05) is 0 Å². The Kier molecular flexibility index (Phi) is 5.77. The Morgan fingerprint density at radius 2 is 1.91 bits per heavy atom. The molecule has 33 heavy (non-hydrogen) atoms. The van der Waals surface area contributed by atoms with Crippen LogP contribution in [0.4, 0.5) is 0 Å². The van der Waals surface area contributed by atoms with Gasteiger partial charge in [-0.2, -0.15) is 5.10 Å². The van der Waals surface area contributed by atoms with E-state index in [1.807, 2.05) is 37.3 Å². The summed E-state index contributed by atoms with van der Waals surface area (Å²) < 4.78 is 1.65. The van der Waals surface area contributed by atoms with Crippen LogP contribution in [-0.2, 0) is 24.1 Å². The average Bonchev–Trinajstić information content (AvgIpc) is 3.27. The van der Waals surface area contributed by atoms with Crippen molar-refractivity contribution >= 4 is 16.9 Å². The SMILES string of the molecule is C[C@@H](NC(=O)CCc1nc2c(cnn2-c2ccccc2)c(=O)[nH]1)c1ccc2c(c1)CCCC2. The van der Waals surface area contributed by atoms with E-state index in [4.69, 9.17) is 0 Å².